The molecule has 0 radical (unpaired) electrons. The largest absolute Gasteiger partial charge is 0.327 e. The predicted octanol–water partition coefficient (Wildman–Crippen LogP) is 2.82. The summed E-state index contributed by atoms with van der Waals surface area (Å²) < 4.78 is 13.2. The SMILES string of the molecule is CN1C(=O)N[C@H](c2ccccc2)C2=C1CN(c1ccc(F)cc1)C2=O. The maximum Gasteiger partial charge on any atom is 0.322 e. The van der Waals surface area contributed by atoms with Gasteiger partial charge < -0.3 is 10.2 Å². The van der Waals surface area contributed by atoms with Crippen LogP contribution < -0.4 is 10.2 Å². The minimum absolute atomic E-state index is 0.178. The second-order valence-corrected chi connectivity index (χ2v) is 6.08. The number of halogens is 1. The van der Waals surface area contributed by atoms with Gasteiger partial charge in [0.2, 0.25) is 0 Å². The van der Waals surface area contributed by atoms with Crippen LogP contribution in [0.4, 0.5) is 14.9 Å². The minimum Gasteiger partial charge on any atom is -0.327 e. The Morgan fingerprint density at radius 1 is 1.04 bits per heavy atom. The highest BCUT2D eigenvalue weighted by atomic mass is 19.1. The summed E-state index contributed by atoms with van der Waals surface area (Å²) in [5.41, 5.74) is 2.68. The first-order valence-electron chi connectivity index (χ1n) is 7.96. The molecule has 0 spiro atoms. The molecule has 3 amide bonds. The highest BCUT2D eigenvalue weighted by Crippen LogP contribution is 2.37. The topological polar surface area (TPSA) is 52.7 Å². The van der Waals surface area contributed by atoms with Crippen molar-refractivity contribution in [3.05, 3.63) is 77.2 Å². The molecule has 0 aromatic heterocycles. The summed E-state index contributed by atoms with van der Waals surface area (Å²) in [6.45, 7) is 0.285. The number of hydrogen-bond donors (Lipinski definition) is 1. The van der Waals surface area contributed by atoms with Crippen LogP contribution in [0, 0.1) is 5.82 Å². The summed E-state index contributed by atoms with van der Waals surface area (Å²) in [6.07, 6.45) is 0. The van der Waals surface area contributed by atoms with E-state index in [0.717, 1.165) is 5.56 Å². The Morgan fingerprint density at radius 2 is 1.72 bits per heavy atom. The maximum atomic E-state index is 13.2. The van der Waals surface area contributed by atoms with Gasteiger partial charge in [0.15, 0.2) is 0 Å². The summed E-state index contributed by atoms with van der Waals surface area (Å²) in [6, 6.07) is 14.4. The molecule has 1 N–H and O–H groups in total. The number of nitrogens with one attached hydrogen (secondary N) is 1. The van der Waals surface area contributed by atoms with Gasteiger partial charge in [0.25, 0.3) is 5.91 Å². The fourth-order valence-electron chi connectivity index (χ4n) is 3.29. The number of amides is 3. The molecule has 0 bridgehead atoms. The third kappa shape index (κ3) is 2.46. The standard InChI is InChI=1S/C19H16FN3O2/c1-22-15-11-23(14-9-7-13(20)8-10-14)18(24)16(15)17(21-19(22)25)12-5-3-2-4-6-12/h2-10,17H,11H2,1H3,(H,21,25)/t17-/m1/s1. The number of urea groups is 1. The quantitative estimate of drug-likeness (QED) is 0.916. The van der Waals surface area contributed by atoms with Crippen molar-refractivity contribution < 1.29 is 14.0 Å². The Bertz CT molecular complexity index is 877. The molecule has 0 aliphatic carbocycles. The van der Waals surface area contributed by atoms with Gasteiger partial charge in [0, 0.05) is 12.7 Å². The van der Waals surface area contributed by atoms with E-state index < -0.39 is 6.04 Å². The van der Waals surface area contributed by atoms with E-state index in [1.807, 2.05) is 30.3 Å². The van der Waals surface area contributed by atoms with Gasteiger partial charge >= 0.3 is 6.03 Å². The molecule has 6 heteroatoms. The molecule has 2 aliphatic rings. The highest BCUT2D eigenvalue weighted by Gasteiger charge is 2.43. The Kier molecular flexibility index (Phi) is 3.53. The lowest BCUT2D eigenvalue weighted by molar-refractivity contribution is -0.114. The predicted molar refractivity (Wildman–Crippen MR) is 91.3 cm³/mol. The fourth-order valence-corrected chi connectivity index (χ4v) is 3.29. The van der Waals surface area contributed by atoms with Gasteiger partial charge in [-0.2, -0.15) is 0 Å². The molecule has 2 aliphatic heterocycles. The molecular formula is C19H16FN3O2. The van der Waals surface area contributed by atoms with Crippen LogP contribution in [0.1, 0.15) is 11.6 Å². The van der Waals surface area contributed by atoms with Gasteiger partial charge in [-0.25, -0.2) is 9.18 Å². The van der Waals surface area contributed by atoms with Crippen LogP contribution in [0.2, 0.25) is 0 Å². The monoisotopic (exact) mass is 337 g/mol. The number of nitrogens with zero attached hydrogens (tertiary/aromatic N) is 2. The zero-order valence-electron chi connectivity index (χ0n) is 13.6. The molecule has 126 valence electrons. The van der Waals surface area contributed by atoms with Crippen molar-refractivity contribution in [3.8, 4) is 0 Å². The van der Waals surface area contributed by atoms with Gasteiger partial charge in [0.1, 0.15) is 5.82 Å². The van der Waals surface area contributed by atoms with Crippen LogP contribution >= 0.6 is 0 Å². The first-order valence-corrected chi connectivity index (χ1v) is 7.96. The zero-order chi connectivity index (χ0) is 17.6. The Hall–Kier alpha value is -3.15. The second kappa shape index (κ2) is 5.73. The molecule has 4 rings (SSSR count). The molecule has 25 heavy (non-hydrogen) atoms. The van der Waals surface area contributed by atoms with Crippen molar-refractivity contribution in [1.82, 2.24) is 10.2 Å². The van der Waals surface area contributed by atoms with Crippen molar-refractivity contribution in [2.75, 3.05) is 18.5 Å². The summed E-state index contributed by atoms with van der Waals surface area (Å²) in [5.74, 6) is -0.536. The molecule has 0 saturated carbocycles. The fraction of sp³-hybridized carbons (Fsp3) is 0.158. The number of anilines is 1. The van der Waals surface area contributed by atoms with Crippen LogP contribution in [0.25, 0.3) is 0 Å². The van der Waals surface area contributed by atoms with E-state index in [4.69, 9.17) is 0 Å². The van der Waals surface area contributed by atoms with Gasteiger partial charge in [-0.15, -0.1) is 0 Å². The lowest BCUT2D eigenvalue weighted by atomic mass is 9.96. The van der Waals surface area contributed by atoms with Crippen molar-refractivity contribution in [2.24, 2.45) is 0 Å². The molecule has 5 nitrogen and oxygen atoms in total. The Morgan fingerprint density at radius 3 is 2.40 bits per heavy atom. The highest BCUT2D eigenvalue weighted by molar-refractivity contribution is 6.11. The van der Waals surface area contributed by atoms with Crippen molar-refractivity contribution in [2.45, 2.75) is 6.04 Å². The zero-order valence-corrected chi connectivity index (χ0v) is 13.6. The number of rotatable bonds is 2. The third-order valence-corrected chi connectivity index (χ3v) is 4.63. The van der Waals surface area contributed by atoms with Crippen LogP contribution in [0.3, 0.4) is 0 Å². The molecule has 2 aromatic rings. The van der Waals surface area contributed by atoms with Crippen LogP contribution in [0.5, 0.6) is 0 Å². The third-order valence-electron chi connectivity index (χ3n) is 4.63. The normalized spacial score (nSPS) is 20.0. The lowest BCUT2D eigenvalue weighted by Crippen LogP contribution is -2.45. The average Bonchev–Trinajstić information content (AvgIpc) is 2.97. The van der Waals surface area contributed by atoms with Crippen molar-refractivity contribution >= 4 is 17.6 Å². The molecule has 0 saturated heterocycles. The van der Waals surface area contributed by atoms with Gasteiger partial charge in [0.05, 0.1) is 23.9 Å². The van der Waals surface area contributed by atoms with E-state index in [0.29, 0.717) is 17.0 Å². The lowest BCUT2D eigenvalue weighted by Gasteiger charge is -2.31. The number of benzene rings is 2. The molecular weight excluding hydrogens is 321 g/mol. The Balaban J connectivity index is 1.76. The summed E-state index contributed by atoms with van der Waals surface area (Å²) in [7, 11) is 1.65. The smallest absolute Gasteiger partial charge is 0.322 e. The van der Waals surface area contributed by atoms with E-state index in [1.54, 1.807) is 24.1 Å². The van der Waals surface area contributed by atoms with Crippen LogP contribution in [-0.4, -0.2) is 30.4 Å². The number of likely N-dealkylation sites (N-methyl/N-ethyl adjacent to an activating group) is 1. The van der Waals surface area contributed by atoms with E-state index >= 15 is 0 Å². The molecule has 2 heterocycles. The van der Waals surface area contributed by atoms with E-state index in [1.165, 1.54) is 17.0 Å². The molecule has 0 fully saturated rings. The number of carbonyl (C=O) groups excluding carboxylic acids is 2. The van der Waals surface area contributed by atoms with E-state index in [2.05, 4.69) is 5.32 Å². The van der Waals surface area contributed by atoms with E-state index in [-0.39, 0.29) is 24.3 Å². The first kappa shape index (κ1) is 15.4. The number of carbonyl (C=O) groups is 2. The second-order valence-electron chi connectivity index (χ2n) is 6.08. The van der Waals surface area contributed by atoms with Gasteiger partial charge in [-0.3, -0.25) is 9.69 Å². The Labute approximate surface area is 144 Å². The molecule has 2 aromatic carbocycles. The summed E-state index contributed by atoms with van der Waals surface area (Å²) in [5, 5.41) is 2.89. The summed E-state index contributed by atoms with van der Waals surface area (Å²) >= 11 is 0. The van der Waals surface area contributed by atoms with Crippen molar-refractivity contribution in [1.29, 1.82) is 0 Å². The minimum atomic E-state index is -0.488. The maximum absolute atomic E-state index is 13.2. The molecule has 1 atom stereocenters. The van der Waals surface area contributed by atoms with Gasteiger partial charge in [-0.05, 0) is 29.8 Å². The van der Waals surface area contributed by atoms with Crippen LogP contribution in [-0.2, 0) is 4.79 Å². The van der Waals surface area contributed by atoms with Crippen molar-refractivity contribution in [3.63, 3.8) is 0 Å². The number of hydrogen-bond acceptors (Lipinski definition) is 2. The average molecular weight is 337 g/mol. The van der Waals surface area contributed by atoms with Crippen LogP contribution in [0.15, 0.2) is 65.9 Å². The molecule has 0 unspecified atom stereocenters. The van der Waals surface area contributed by atoms with E-state index in [9.17, 15) is 14.0 Å². The summed E-state index contributed by atoms with van der Waals surface area (Å²) in [4.78, 5) is 28.4. The first-order chi connectivity index (χ1) is 12.1. The van der Waals surface area contributed by atoms with Gasteiger partial charge in [-0.1, -0.05) is 30.3 Å².